The number of nitrogens with one attached hydrogen (secondary N) is 1. The summed E-state index contributed by atoms with van der Waals surface area (Å²) in [5, 5.41) is 14.4. The Hall–Kier alpha value is -1.96. The van der Waals surface area contributed by atoms with Crippen molar-refractivity contribution < 1.29 is 23.9 Å². The van der Waals surface area contributed by atoms with Crippen LogP contribution < -0.4 is 5.32 Å². The van der Waals surface area contributed by atoms with Crippen LogP contribution in [0.2, 0.25) is 0 Å². The molecule has 100 valence electrons. The van der Waals surface area contributed by atoms with E-state index in [9.17, 15) is 14.0 Å². The highest BCUT2D eigenvalue weighted by molar-refractivity contribution is 9.10. The minimum Gasteiger partial charge on any atom is -0.477 e. The number of hydrogen-bond donors (Lipinski definition) is 2. The number of carboxylic acid groups (broad SMARTS) is 1. The molecular weight excluding hydrogens is 323 g/mol. The first-order valence-corrected chi connectivity index (χ1v) is 5.98. The molecule has 0 fully saturated rings. The molecule has 1 unspecified atom stereocenters. The molecule has 1 heterocycles. The van der Waals surface area contributed by atoms with Crippen LogP contribution in [0.3, 0.4) is 0 Å². The number of halogens is 2. The van der Waals surface area contributed by atoms with Gasteiger partial charge in [-0.3, -0.25) is 4.79 Å². The number of anilines is 1. The maximum atomic E-state index is 13.0. The van der Waals surface area contributed by atoms with Crippen LogP contribution in [0.1, 0.15) is 6.42 Å². The second-order valence-electron chi connectivity index (χ2n) is 3.75. The molecule has 19 heavy (non-hydrogen) atoms. The molecule has 0 aromatic heterocycles. The first-order valence-electron chi connectivity index (χ1n) is 5.19. The maximum Gasteiger partial charge on any atom is 0.353 e. The van der Waals surface area contributed by atoms with E-state index in [-0.39, 0.29) is 17.8 Å². The van der Waals surface area contributed by atoms with Crippen LogP contribution in [-0.4, -0.2) is 28.8 Å². The Balaban J connectivity index is 2.03. The first kappa shape index (κ1) is 13.5. The summed E-state index contributed by atoms with van der Waals surface area (Å²) in [5.41, 5.74) is 0.0100. The summed E-state index contributed by atoms with van der Waals surface area (Å²) in [5.74, 6) is -2.33. The molecule has 1 aromatic rings. The van der Waals surface area contributed by atoms with Crippen LogP contribution in [0.25, 0.3) is 0 Å². The number of benzene rings is 1. The van der Waals surface area contributed by atoms with Gasteiger partial charge in [0.05, 0.1) is 5.69 Å². The molecule has 8 heteroatoms. The SMILES string of the molecule is O=C(O)C1=NOC(C(=O)Nc2cc(F)ccc2Br)C1. The van der Waals surface area contributed by atoms with Gasteiger partial charge in [0, 0.05) is 10.9 Å². The highest BCUT2D eigenvalue weighted by atomic mass is 79.9. The third kappa shape index (κ3) is 3.08. The van der Waals surface area contributed by atoms with Gasteiger partial charge in [0.1, 0.15) is 5.82 Å². The summed E-state index contributed by atoms with van der Waals surface area (Å²) in [7, 11) is 0. The minimum absolute atomic E-state index is 0.131. The third-order valence-corrected chi connectivity index (χ3v) is 3.09. The standard InChI is InChI=1S/C11H8BrFN2O4/c12-6-2-1-5(13)3-7(6)14-10(16)9-4-8(11(17)18)15-19-9/h1-3,9H,4H2,(H,14,16)(H,17,18). The molecule has 1 aliphatic heterocycles. The van der Waals surface area contributed by atoms with Gasteiger partial charge in [-0.2, -0.15) is 0 Å². The summed E-state index contributed by atoms with van der Waals surface area (Å²) in [6, 6.07) is 3.81. The van der Waals surface area contributed by atoms with Crippen molar-refractivity contribution in [2.45, 2.75) is 12.5 Å². The number of carboxylic acids is 1. The molecule has 1 amide bonds. The van der Waals surface area contributed by atoms with Gasteiger partial charge >= 0.3 is 5.97 Å². The van der Waals surface area contributed by atoms with E-state index < -0.39 is 23.8 Å². The van der Waals surface area contributed by atoms with E-state index in [4.69, 9.17) is 9.94 Å². The zero-order valence-corrected chi connectivity index (χ0v) is 11.0. The molecule has 0 bridgehead atoms. The molecule has 2 rings (SSSR count). The van der Waals surface area contributed by atoms with Gasteiger partial charge in [0.2, 0.25) is 6.10 Å². The van der Waals surface area contributed by atoms with E-state index >= 15 is 0 Å². The van der Waals surface area contributed by atoms with Crippen LogP contribution in [0.4, 0.5) is 10.1 Å². The number of oxime groups is 1. The fourth-order valence-electron chi connectivity index (χ4n) is 1.45. The molecular formula is C11H8BrFN2O4. The smallest absolute Gasteiger partial charge is 0.353 e. The zero-order chi connectivity index (χ0) is 14.0. The number of amides is 1. The van der Waals surface area contributed by atoms with Gasteiger partial charge in [-0.1, -0.05) is 5.16 Å². The van der Waals surface area contributed by atoms with Crippen molar-refractivity contribution in [3.05, 3.63) is 28.5 Å². The quantitative estimate of drug-likeness (QED) is 0.883. The lowest BCUT2D eigenvalue weighted by Gasteiger charge is -2.10. The molecule has 0 aliphatic carbocycles. The lowest BCUT2D eigenvalue weighted by atomic mass is 10.1. The highest BCUT2D eigenvalue weighted by Crippen LogP contribution is 2.24. The largest absolute Gasteiger partial charge is 0.477 e. The van der Waals surface area contributed by atoms with Gasteiger partial charge in [-0.05, 0) is 34.1 Å². The molecule has 1 atom stereocenters. The van der Waals surface area contributed by atoms with E-state index in [2.05, 4.69) is 26.4 Å². The molecule has 0 saturated heterocycles. The first-order chi connectivity index (χ1) is 8.97. The second kappa shape index (κ2) is 5.35. The van der Waals surface area contributed by atoms with Gasteiger partial charge < -0.3 is 15.3 Å². The minimum atomic E-state index is -1.23. The van der Waals surface area contributed by atoms with E-state index in [1.807, 2.05) is 0 Å². The monoisotopic (exact) mass is 330 g/mol. The molecule has 0 saturated carbocycles. The van der Waals surface area contributed by atoms with Crippen molar-refractivity contribution >= 4 is 39.2 Å². The highest BCUT2D eigenvalue weighted by Gasteiger charge is 2.31. The van der Waals surface area contributed by atoms with E-state index in [1.54, 1.807) is 0 Å². The van der Waals surface area contributed by atoms with E-state index in [0.717, 1.165) is 6.07 Å². The summed E-state index contributed by atoms with van der Waals surface area (Å²) in [6.45, 7) is 0. The molecule has 0 spiro atoms. The summed E-state index contributed by atoms with van der Waals surface area (Å²) in [6.07, 6.45) is -1.16. The van der Waals surface area contributed by atoms with Crippen LogP contribution >= 0.6 is 15.9 Å². The van der Waals surface area contributed by atoms with Crippen molar-refractivity contribution in [1.82, 2.24) is 0 Å². The number of aliphatic carboxylic acids is 1. The van der Waals surface area contributed by atoms with Crippen molar-refractivity contribution in [2.24, 2.45) is 5.16 Å². The van der Waals surface area contributed by atoms with Gasteiger partial charge in [-0.25, -0.2) is 9.18 Å². The van der Waals surface area contributed by atoms with Crippen molar-refractivity contribution in [2.75, 3.05) is 5.32 Å². The summed E-state index contributed by atoms with van der Waals surface area (Å²) in [4.78, 5) is 27.1. The number of nitrogens with zero attached hydrogens (tertiary/aromatic N) is 1. The van der Waals surface area contributed by atoms with Crippen molar-refractivity contribution in [1.29, 1.82) is 0 Å². The van der Waals surface area contributed by atoms with Crippen LogP contribution in [0.15, 0.2) is 27.8 Å². The average molecular weight is 331 g/mol. The van der Waals surface area contributed by atoms with E-state index in [0.29, 0.717) is 4.47 Å². The number of hydrogen-bond acceptors (Lipinski definition) is 4. The second-order valence-corrected chi connectivity index (χ2v) is 4.61. The molecule has 2 N–H and O–H groups in total. The number of rotatable bonds is 3. The summed E-state index contributed by atoms with van der Waals surface area (Å²) >= 11 is 3.16. The molecule has 6 nitrogen and oxygen atoms in total. The molecule has 1 aliphatic rings. The van der Waals surface area contributed by atoms with Gasteiger partial charge in [-0.15, -0.1) is 0 Å². The van der Waals surface area contributed by atoms with Crippen LogP contribution in [0.5, 0.6) is 0 Å². The maximum absolute atomic E-state index is 13.0. The van der Waals surface area contributed by atoms with Crippen molar-refractivity contribution in [3.63, 3.8) is 0 Å². The Morgan fingerprint density at radius 3 is 2.89 bits per heavy atom. The lowest BCUT2D eigenvalue weighted by Crippen LogP contribution is -2.29. The lowest BCUT2D eigenvalue weighted by molar-refractivity contribution is -0.129. The van der Waals surface area contributed by atoms with Gasteiger partial charge in [0.25, 0.3) is 5.91 Å². The van der Waals surface area contributed by atoms with Crippen molar-refractivity contribution in [3.8, 4) is 0 Å². The molecule has 1 aromatic carbocycles. The predicted octanol–water partition coefficient (Wildman–Crippen LogP) is 1.76. The predicted molar refractivity (Wildman–Crippen MR) is 67.3 cm³/mol. The van der Waals surface area contributed by atoms with Crippen LogP contribution in [0, 0.1) is 5.82 Å². The molecule has 0 radical (unpaired) electrons. The topological polar surface area (TPSA) is 88.0 Å². The fourth-order valence-corrected chi connectivity index (χ4v) is 1.80. The van der Waals surface area contributed by atoms with Crippen LogP contribution in [-0.2, 0) is 14.4 Å². The zero-order valence-electron chi connectivity index (χ0n) is 9.39. The Morgan fingerprint density at radius 2 is 2.26 bits per heavy atom. The number of carbonyl (C=O) groups excluding carboxylic acids is 1. The normalized spacial score (nSPS) is 17.6. The number of carbonyl (C=O) groups is 2. The van der Waals surface area contributed by atoms with Gasteiger partial charge in [0.15, 0.2) is 5.71 Å². The Labute approximate surface area is 115 Å². The summed E-state index contributed by atoms with van der Waals surface area (Å²) < 4.78 is 13.5. The Bertz CT molecular complexity index is 576. The third-order valence-electron chi connectivity index (χ3n) is 2.39. The Kier molecular flexibility index (Phi) is 3.79. The average Bonchev–Trinajstić information content (AvgIpc) is 2.83. The fraction of sp³-hybridized carbons (Fsp3) is 0.182. The Morgan fingerprint density at radius 1 is 1.53 bits per heavy atom. The van der Waals surface area contributed by atoms with E-state index in [1.165, 1.54) is 12.1 Å².